The Morgan fingerprint density at radius 1 is 0.515 bits per heavy atom. The van der Waals surface area contributed by atoms with E-state index in [0.29, 0.717) is 33.9 Å². The average molecular weight is 907 g/mol. The highest BCUT2D eigenvalue weighted by Gasteiger charge is 2.39. The zero-order valence-electron chi connectivity index (χ0n) is 40.3. The fraction of sp³-hybridized carbons (Fsp3) is 0.379. The second-order valence-corrected chi connectivity index (χ2v) is 19.1. The van der Waals surface area contributed by atoms with Gasteiger partial charge in [0.05, 0.1) is 29.7 Å². The largest absolute Gasteiger partial charge is 0.506 e. The normalized spacial score (nSPS) is 14.6. The van der Waals surface area contributed by atoms with Crippen molar-refractivity contribution in [2.24, 2.45) is 4.90 Å². The zero-order chi connectivity index (χ0) is 46.7. The predicted molar refractivity (Wildman–Crippen MR) is 287 cm³/mol. The predicted octanol–water partition coefficient (Wildman–Crippen LogP) is 12.2. The molecular weight excluding hydrogens is 838 g/mol. The highest BCUT2D eigenvalue weighted by atomic mass is 16.5. The van der Waals surface area contributed by atoms with Crippen LogP contribution in [0, 0.1) is 0 Å². The number of carbonyl (C=O) groups excluding carboxylic acids is 1. The third-order valence-electron chi connectivity index (χ3n) is 14.1. The van der Waals surface area contributed by atoms with Gasteiger partial charge in [0, 0.05) is 38.6 Å². The third kappa shape index (κ3) is 10.6. The molecule has 6 aromatic rings. The molecule has 0 fully saturated rings. The first-order valence-electron chi connectivity index (χ1n) is 26.0. The molecule has 350 valence electrons. The van der Waals surface area contributed by atoms with Crippen LogP contribution in [0.5, 0.6) is 11.5 Å². The van der Waals surface area contributed by atoms with Crippen molar-refractivity contribution >= 4 is 80.4 Å². The summed E-state index contributed by atoms with van der Waals surface area (Å²) in [6.07, 6.45) is 23.1. The lowest BCUT2D eigenvalue weighted by molar-refractivity contribution is -0.109. The van der Waals surface area contributed by atoms with E-state index in [1.807, 2.05) is 60.7 Å². The molecule has 2 heterocycles. The molecular formula is C58H68B2N4O4. The van der Waals surface area contributed by atoms with E-state index in [1.54, 1.807) is 0 Å². The van der Waals surface area contributed by atoms with Gasteiger partial charge in [-0.25, -0.2) is 0 Å². The minimum absolute atomic E-state index is 0.0137. The Bertz CT molecular complexity index is 2860. The molecule has 0 amide bonds. The average Bonchev–Trinajstić information content (AvgIpc) is 3.37. The van der Waals surface area contributed by atoms with Gasteiger partial charge in [-0.1, -0.05) is 189 Å². The number of nitrogens with zero attached hydrogens (tertiary/aromatic N) is 1. The number of carbonyl (C=O) groups is 1. The van der Waals surface area contributed by atoms with Gasteiger partial charge in [0.25, 0.3) is 0 Å². The van der Waals surface area contributed by atoms with E-state index in [4.69, 9.17) is 14.4 Å². The zero-order valence-corrected chi connectivity index (χ0v) is 40.3. The summed E-state index contributed by atoms with van der Waals surface area (Å²) in [6.45, 7) is 5.30. The molecule has 68 heavy (non-hydrogen) atoms. The Morgan fingerprint density at radius 2 is 1.03 bits per heavy atom. The van der Waals surface area contributed by atoms with Crippen molar-refractivity contribution in [3.63, 3.8) is 0 Å². The monoisotopic (exact) mass is 907 g/mol. The molecule has 0 aromatic heterocycles. The first-order chi connectivity index (χ1) is 33.5. The van der Waals surface area contributed by atoms with Crippen LogP contribution < -0.4 is 46.7 Å². The van der Waals surface area contributed by atoms with Crippen LogP contribution in [0.25, 0.3) is 32.7 Å². The summed E-state index contributed by atoms with van der Waals surface area (Å²) in [4.78, 5) is 19.9. The second kappa shape index (κ2) is 22.8. The van der Waals surface area contributed by atoms with Crippen LogP contribution in [0.1, 0.15) is 135 Å². The van der Waals surface area contributed by atoms with Gasteiger partial charge >= 0.3 is 14.0 Å². The number of ketones is 1. The number of Topliss-reactive ketones (excluding diaryl/α,β-unsaturated/α-hetero) is 1. The first-order valence-corrected chi connectivity index (χ1v) is 26.0. The molecule has 3 aliphatic rings. The Labute approximate surface area is 404 Å². The number of nitrogens with one attached hydrogen (secondary N) is 3. The van der Waals surface area contributed by atoms with E-state index in [-0.39, 0.29) is 25.5 Å². The quantitative estimate of drug-likeness (QED) is 0.0335. The van der Waals surface area contributed by atoms with Crippen molar-refractivity contribution in [1.29, 1.82) is 0 Å². The van der Waals surface area contributed by atoms with Gasteiger partial charge in [-0.05, 0) is 70.9 Å². The standard InChI is InChI=1S/C58H68B2N4O4/c1-3-5-7-9-11-13-14-16-18-20-40-68-46-35-31-44(32-36-46)60-62-50-26-22-24-42-28-38-48(56(64-60)52(42)50)54-57(65)53(58(54)66)47-37-27-41-23-21-25-49-51(41)55(47)63-59(61-49)43-29-33-45(34-30-43)67-39-19-17-15-12-10-8-6-4-2/h21-38,61-63,65H,3-20,39-40H2,1-2H3/b54-48-. The van der Waals surface area contributed by atoms with Crippen LogP contribution >= 0.6 is 0 Å². The SMILES string of the molecule is CCCCCCCCCCCCOc1ccc(B2N=c3/c(=C4\C(=O)C(c5ccc6cccc7c6c5NB(c5ccc(OCCCCCCCCCC)cc5)N7)=C4O)ccc4cccc(c34)N2)cc1. The highest BCUT2D eigenvalue weighted by molar-refractivity contribution is 6.80. The maximum atomic E-state index is 14.6. The van der Waals surface area contributed by atoms with Crippen molar-refractivity contribution in [1.82, 2.24) is 0 Å². The summed E-state index contributed by atoms with van der Waals surface area (Å²) in [6, 6.07) is 36.7. The number of anilines is 3. The molecule has 0 bridgehead atoms. The summed E-state index contributed by atoms with van der Waals surface area (Å²) in [7, 11) is 0. The van der Waals surface area contributed by atoms with Crippen molar-refractivity contribution in [3.05, 3.63) is 131 Å². The number of unbranched alkanes of at least 4 members (excludes halogenated alkanes) is 16. The fourth-order valence-electron chi connectivity index (χ4n) is 10.3. The number of hydrogen-bond donors (Lipinski definition) is 4. The van der Waals surface area contributed by atoms with Gasteiger partial charge < -0.3 is 35.2 Å². The van der Waals surface area contributed by atoms with Gasteiger partial charge in [0.1, 0.15) is 17.3 Å². The molecule has 9 rings (SSSR count). The molecule has 0 atom stereocenters. The van der Waals surface area contributed by atoms with E-state index in [9.17, 15) is 9.90 Å². The Kier molecular flexibility index (Phi) is 15.7. The van der Waals surface area contributed by atoms with Crippen molar-refractivity contribution in [2.75, 3.05) is 28.9 Å². The number of ether oxygens (including phenoxy) is 2. The van der Waals surface area contributed by atoms with E-state index >= 15 is 0 Å². The molecule has 0 unspecified atom stereocenters. The van der Waals surface area contributed by atoms with E-state index in [2.05, 4.69) is 78.1 Å². The second-order valence-electron chi connectivity index (χ2n) is 19.1. The van der Waals surface area contributed by atoms with Gasteiger partial charge in [-0.2, -0.15) is 0 Å². The smallest absolute Gasteiger partial charge is 0.427 e. The summed E-state index contributed by atoms with van der Waals surface area (Å²) >= 11 is 0. The molecule has 8 nitrogen and oxygen atoms in total. The number of allylic oxidation sites excluding steroid dienone is 2. The maximum absolute atomic E-state index is 14.6. The number of rotatable bonds is 25. The van der Waals surface area contributed by atoms with Crippen LogP contribution in [0.2, 0.25) is 0 Å². The molecule has 10 heteroatoms. The van der Waals surface area contributed by atoms with Gasteiger partial charge in [0.15, 0.2) is 0 Å². The van der Waals surface area contributed by atoms with Crippen LogP contribution in [0.3, 0.4) is 0 Å². The minimum Gasteiger partial charge on any atom is -0.506 e. The summed E-state index contributed by atoms with van der Waals surface area (Å²) < 4.78 is 12.3. The Morgan fingerprint density at radius 3 is 1.60 bits per heavy atom. The van der Waals surface area contributed by atoms with E-state index < -0.39 is 0 Å². The molecule has 0 saturated carbocycles. The minimum atomic E-state index is -0.390. The highest BCUT2D eigenvalue weighted by Crippen LogP contribution is 2.45. The lowest BCUT2D eigenvalue weighted by atomic mass is 9.65. The summed E-state index contributed by atoms with van der Waals surface area (Å²) in [5.74, 6) is 1.50. The van der Waals surface area contributed by atoms with Crippen LogP contribution in [0.4, 0.5) is 17.1 Å². The Balaban J connectivity index is 0.912. The number of aliphatic hydroxyl groups excluding tert-OH is 1. The molecule has 6 aromatic carbocycles. The summed E-state index contributed by atoms with van der Waals surface area (Å²) in [5.41, 5.74) is 6.02. The van der Waals surface area contributed by atoms with Gasteiger partial charge in [-0.3, -0.25) is 4.79 Å². The van der Waals surface area contributed by atoms with Crippen molar-refractivity contribution in [2.45, 2.75) is 129 Å². The molecule has 0 radical (unpaired) electrons. The van der Waals surface area contributed by atoms with Crippen LogP contribution in [0.15, 0.2) is 120 Å². The summed E-state index contributed by atoms with van der Waals surface area (Å²) in [5, 5.41) is 28.4. The van der Waals surface area contributed by atoms with Crippen molar-refractivity contribution < 1.29 is 19.4 Å². The number of benzene rings is 6. The number of aliphatic hydroxyl groups is 1. The van der Waals surface area contributed by atoms with Crippen molar-refractivity contribution in [3.8, 4) is 11.5 Å². The topological polar surface area (TPSA) is 104 Å². The van der Waals surface area contributed by atoms with E-state index in [1.165, 1.54) is 103 Å². The fourth-order valence-corrected chi connectivity index (χ4v) is 10.3. The molecule has 0 spiro atoms. The Hall–Kier alpha value is -6.15. The molecule has 0 saturated heterocycles. The lowest BCUT2D eigenvalue weighted by Crippen LogP contribution is -2.48. The van der Waals surface area contributed by atoms with Crippen LogP contribution in [-0.4, -0.2) is 38.1 Å². The molecule has 1 aliphatic carbocycles. The van der Waals surface area contributed by atoms with Gasteiger partial charge in [-0.15, -0.1) is 0 Å². The third-order valence-corrected chi connectivity index (χ3v) is 14.1. The first kappa shape index (κ1) is 46.9. The maximum Gasteiger partial charge on any atom is 0.427 e. The number of hydrogen-bond acceptors (Lipinski definition) is 8. The lowest BCUT2D eigenvalue weighted by Gasteiger charge is -2.31. The van der Waals surface area contributed by atoms with Crippen LogP contribution in [-0.2, 0) is 4.79 Å². The molecule has 2 aliphatic heterocycles. The molecule has 4 N–H and O–H groups in total. The van der Waals surface area contributed by atoms with E-state index in [0.717, 1.165) is 80.5 Å². The van der Waals surface area contributed by atoms with Gasteiger partial charge in [0.2, 0.25) is 5.78 Å².